The number of nitrogens with zero attached hydrogens (tertiary/aromatic N) is 1. The number of unbranched alkanes of at least 4 members (excludes halogenated alkanes) is 1. The van der Waals surface area contributed by atoms with Crippen LogP contribution in [0.5, 0.6) is 0 Å². The Morgan fingerprint density at radius 2 is 1.97 bits per heavy atom. The average molecular weight is 400 g/mol. The monoisotopic (exact) mass is 399 g/mol. The standard InChI is InChI=1S/C23H31NO3.C2H6/c1-5-6-8-17(2)23(15-20(25)14-21(26)27-23)12-11-18-9-7-10-19(13-18)22(3,4)16-24;1-2/h7,9-10,13,17H,5-6,8,11-12,14-15H2,1-4H3;1-2H3. The van der Waals surface area contributed by atoms with Gasteiger partial charge in [0.1, 0.15) is 17.8 Å². The summed E-state index contributed by atoms with van der Waals surface area (Å²) in [5.74, 6) is -0.271. The number of nitriles is 1. The summed E-state index contributed by atoms with van der Waals surface area (Å²) < 4.78 is 5.83. The van der Waals surface area contributed by atoms with Crippen molar-refractivity contribution in [2.75, 3.05) is 0 Å². The van der Waals surface area contributed by atoms with Gasteiger partial charge in [0.15, 0.2) is 0 Å². The van der Waals surface area contributed by atoms with E-state index >= 15 is 0 Å². The van der Waals surface area contributed by atoms with E-state index in [4.69, 9.17) is 4.74 Å². The Morgan fingerprint density at radius 3 is 2.55 bits per heavy atom. The molecule has 1 aromatic rings. The van der Waals surface area contributed by atoms with E-state index < -0.39 is 17.0 Å². The first-order chi connectivity index (χ1) is 13.7. The van der Waals surface area contributed by atoms with Crippen LogP contribution in [0.4, 0.5) is 0 Å². The Kier molecular flexibility index (Phi) is 9.56. The molecule has 0 bridgehead atoms. The van der Waals surface area contributed by atoms with Crippen LogP contribution < -0.4 is 0 Å². The first-order valence-corrected chi connectivity index (χ1v) is 11.0. The van der Waals surface area contributed by atoms with E-state index in [1.807, 2.05) is 45.9 Å². The molecule has 2 atom stereocenters. The number of esters is 1. The zero-order valence-electron chi connectivity index (χ0n) is 19.0. The van der Waals surface area contributed by atoms with Crippen molar-refractivity contribution in [3.63, 3.8) is 0 Å². The molecule has 0 saturated carbocycles. The minimum atomic E-state index is -0.706. The van der Waals surface area contributed by atoms with Crippen LogP contribution in [0.1, 0.15) is 91.2 Å². The molecule has 4 nitrogen and oxygen atoms in total. The van der Waals surface area contributed by atoms with E-state index in [1.165, 1.54) is 0 Å². The first-order valence-electron chi connectivity index (χ1n) is 11.0. The quantitative estimate of drug-likeness (QED) is 0.402. The maximum atomic E-state index is 12.2. The molecule has 0 aliphatic carbocycles. The third-order valence-electron chi connectivity index (χ3n) is 5.81. The molecular formula is C25H37NO3. The van der Waals surface area contributed by atoms with E-state index in [0.717, 1.165) is 30.4 Å². The van der Waals surface area contributed by atoms with Crippen LogP contribution in [0.2, 0.25) is 0 Å². The minimum Gasteiger partial charge on any atom is -0.458 e. The van der Waals surface area contributed by atoms with Crippen molar-refractivity contribution in [2.24, 2.45) is 5.92 Å². The molecule has 0 N–H and O–H groups in total. The van der Waals surface area contributed by atoms with Gasteiger partial charge in [0.05, 0.1) is 11.5 Å². The fourth-order valence-electron chi connectivity index (χ4n) is 3.83. The Hall–Kier alpha value is -2.15. The fourth-order valence-corrected chi connectivity index (χ4v) is 3.83. The number of carbonyl (C=O) groups is 2. The highest BCUT2D eigenvalue weighted by Crippen LogP contribution is 2.38. The van der Waals surface area contributed by atoms with Crippen molar-refractivity contribution in [3.05, 3.63) is 35.4 Å². The summed E-state index contributed by atoms with van der Waals surface area (Å²) in [6.07, 6.45) is 4.63. The number of cyclic esters (lactones) is 1. The molecule has 0 spiro atoms. The van der Waals surface area contributed by atoms with Gasteiger partial charge in [-0.15, -0.1) is 0 Å². The zero-order chi connectivity index (χ0) is 22.1. The molecule has 1 fully saturated rings. The van der Waals surface area contributed by atoms with Crippen molar-refractivity contribution in [1.82, 2.24) is 0 Å². The topological polar surface area (TPSA) is 67.2 Å². The molecular weight excluding hydrogens is 362 g/mol. The maximum absolute atomic E-state index is 12.2. The molecule has 2 unspecified atom stereocenters. The largest absolute Gasteiger partial charge is 0.458 e. The second kappa shape index (κ2) is 11.1. The Morgan fingerprint density at radius 1 is 1.28 bits per heavy atom. The van der Waals surface area contributed by atoms with Crippen LogP contribution >= 0.6 is 0 Å². The van der Waals surface area contributed by atoms with Crippen molar-refractivity contribution in [1.29, 1.82) is 5.26 Å². The molecule has 1 aliphatic heterocycles. The number of rotatable bonds is 8. The van der Waals surface area contributed by atoms with Gasteiger partial charge < -0.3 is 4.74 Å². The Balaban J connectivity index is 0.00000204. The number of hydrogen-bond donors (Lipinski definition) is 0. The van der Waals surface area contributed by atoms with Gasteiger partial charge in [-0.2, -0.15) is 5.26 Å². The first kappa shape index (κ1) is 24.9. The summed E-state index contributed by atoms with van der Waals surface area (Å²) >= 11 is 0. The normalized spacial score (nSPS) is 20.2. The lowest BCUT2D eigenvalue weighted by atomic mass is 9.75. The lowest BCUT2D eigenvalue weighted by Gasteiger charge is -2.41. The number of hydrogen-bond acceptors (Lipinski definition) is 4. The van der Waals surface area contributed by atoms with E-state index in [-0.39, 0.29) is 18.1 Å². The van der Waals surface area contributed by atoms with Gasteiger partial charge in [-0.25, -0.2) is 0 Å². The van der Waals surface area contributed by atoms with Crippen molar-refractivity contribution in [2.45, 2.75) is 97.5 Å². The smallest absolute Gasteiger partial charge is 0.313 e. The van der Waals surface area contributed by atoms with Crippen LogP contribution in [0.15, 0.2) is 24.3 Å². The van der Waals surface area contributed by atoms with Gasteiger partial charge in [-0.3, -0.25) is 9.59 Å². The van der Waals surface area contributed by atoms with Crippen molar-refractivity contribution in [3.8, 4) is 6.07 Å². The number of Topliss-reactive ketones (excluding diaryl/α,β-unsaturated/α-hetero) is 1. The van der Waals surface area contributed by atoms with E-state index in [9.17, 15) is 14.9 Å². The summed E-state index contributed by atoms with van der Waals surface area (Å²) in [5.41, 5.74) is 0.830. The van der Waals surface area contributed by atoms with E-state index in [1.54, 1.807) is 0 Å². The Bertz CT molecular complexity index is 714. The molecule has 4 heteroatoms. The minimum absolute atomic E-state index is 0.0195. The average Bonchev–Trinajstić information content (AvgIpc) is 2.71. The van der Waals surface area contributed by atoms with Gasteiger partial charge in [0.25, 0.3) is 0 Å². The van der Waals surface area contributed by atoms with Crippen molar-refractivity contribution < 1.29 is 14.3 Å². The number of carbonyl (C=O) groups excluding carboxylic acids is 2. The summed E-state index contributed by atoms with van der Waals surface area (Å²) in [6.45, 7) is 12.0. The third kappa shape index (κ3) is 6.70. The highest BCUT2D eigenvalue weighted by Gasteiger charge is 2.44. The molecule has 0 aromatic heterocycles. The highest BCUT2D eigenvalue weighted by atomic mass is 16.6. The number of ether oxygens (including phenoxy) is 1. The lowest BCUT2D eigenvalue weighted by Crippen LogP contribution is -2.48. The predicted octanol–water partition coefficient (Wildman–Crippen LogP) is 5.92. The molecule has 0 radical (unpaired) electrons. The molecule has 1 aromatic carbocycles. The maximum Gasteiger partial charge on any atom is 0.313 e. The third-order valence-corrected chi connectivity index (χ3v) is 5.81. The van der Waals surface area contributed by atoms with Gasteiger partial charge >= 0.3 is 5.97 Å². The van der Waals surface area contributed by atoms with Crippen molar-refractivity contribution >= 4 is 11.8 Å². The summed E-state index contributed by atoms with van der Waals surface area (Å²) in [4.78, 5) is 24.2. The molecule has 1 saturated heterocycles. The molecule has 0 amide bonds. The summed E-state index contributed by atoms with van der Waals surface area (Å²) in [5, 5.41) is 9.38. The molecule has 160 valence electrons. The van der Waals surface area contributed by atoms with E-state index in [2.05, 4.69) is 26.0 Å². The van der Waals surface area contributed by atoms with Crippen LogP contribution in [0, 0.1) is 17.2 Å². The second-order valence-electron chi connectivity index (χ2n) is 8.41. The molecule has 1 aliphatic rings. The number of benzene rings is 1. The summed E-state index contributed by atoms with van der Waals surface area (Å²) in [7, 11) is 0. The van der Waals surface area contributed by atoms with Crippen LogP contribution in [0.25, 0.3) is 0 Å². The predicted molar refractivity (Wildman–Crippen MR) is 117 cm³/mol. The highest BCUT2D eigenvalue weighted by molar-refractivity contribution is 5.98. The SMILES string of the molecule is CC.CCCCC(C)C1(CCc2cccc(C(C)(C)C#N)c2)CC(=O)CC(=O)O1. The summed E-state index contributed by atoms with van der Waals surface area (Å²) in [6, 6.07) is 10.4. The molecule has 29 heavy (non-hydrogen) atoms. The fraction of sp³-hybridized carbons (Fsp3) is 0.640. The second-order valence-corrected chi connectivity index (χ2v) is 8.41. The molecule has 2 rings (SSSR count). The van der Waals surface area contributed by atoms with Gasteiger partial charge in [-0.1, -0.05) is 64.8 Å². The number of aryl methyl sites for hydroxylation is 1. The van der Waals surface area contributed by atoms with Gasteiger partial charge in [0, 0.05) is 6.42 Å². The van der Waals surface area contributed by atoms with Crippen LogP contribution in [-0.2, 0) is 26.2 Å². The Labute approximate surface area is 176 Å². The number of ketones is 1. The van der Waals surface area contributed by atoms with Gasteiger partial charge in [-0.05, 0) is 50.2 Å². The zero-order valence-corrected chi connectivity index (χ0v) is 19.0. The van der Waals surface area contributed by atoms with E-state index in [0.29, 0.717) is 19.3 Å². The van der Waals surface area contributed by atoms with Gasteiger partial charge in [0.2, 0.25) is 0 Å². The molecule has 1 heterocycles. The lowest BCUT2D eigenvalue weighted by molar-refractivity contribution is -0.178. The van der Waals surface area contributed by atoms with Crippen LogP contribution in [-0.4, -0.2) is 17.4 Å². The van der Waals surface area contributed by atoms with Crippen LogP contribution in [0.3, 0.4) is 0 Å².